The van der Waals surface area contributed by atoms with E-state index in [1.54, 1.807) is 0 Å². The Morgan fingerprint density at radius 2 is 1.58 bits per heavy atom. The van der Waals surface area contributed by atoms with Gasteiger partial charge in [0.25, 0.3) is 0 Å². The maximum atomic E-state index is 12.4. The largest absolute Gasteiger partial charge is 0.769 e. The van der Waals surface area contributed by atoms with Gasteiger partial charge in [-0.15, -0.1) is 5.23 Å². The van der Waals surface area contributed by atoms with Gasteiger partial charge in [-0.1, -0.05) is 0 Å². The number of amides is 1. The third-order valence-corrected chi connectivity index (χ3v) is 2.58. The summed E-state index contributed by atoms with van der Waals surface area (Å²) in [5, 5.41) is 38.1. The normalized spacial score (nSPS) is 12.3. The van der Waals surface area contributed by atoms with Crippen LogP contribution in [0.25, 0.3) is 0 Å². The maximum Gasteiger partial charge on any atom is 0.409 e. The summed E-state index contributed by atoms with van der Waals surface area (Å²) in [5.74, 6) is -6.93. The molecule has 0 aliphatic rings. The molecule has 1 rings (SSSR count). The summed E-state index contributed by atoms with van der Waals surface area (Å²) in [5.41, 5.74) is -2.70. The predicted octanol–water partition coefficient (Wildman–Crippen LogP) is 2.75. The Morgan fingerprint density at radius 3 is 1.96 bits per heavy atom. The van der Waals surface area contributed by atoms with Gasteiger partial charge in [0.1, 0.15) is 5.69 Å². The Bertz CT molecular complexity index is 590. The second kappa shape index (κ2) is 6.68. The van der Waals surface area contributed by atoms with Crippen molar-refractivity contribution in [2.45, 2.75) is 12.4 Å². The maximum absolute atomic E-state index is 12.4. The van der Waals surface area contributed by atoms with Crippen molar-refractivity contribution in [2.24, 2.45) is 5.92 Å². The molecule has 0 saturated carbocycles. The molecule has 1 aromatic carbocycles. The molecule has 3 N–H and O–H groups in total. The monoisotopic (exact) mass is 363 g/mol. The minimum Gasteiger partial charge on any atom is -0.769 e. The number of nitrogens with zero attached hydrogens (tertiary/aromatic N) is 2. The molecular formula is C10H7F6N3O5-2. The number of nitrogens with one attached hydrogen (secondary N) is 1. The van der Waals surface area contributed by atoms with Crippen molar-refractivity contribution < 1.29 is 41.6 Å². The molecule has 0 saturated heterocycles. The summed E-state index contributed by atoms with van der Waals surface area (Å²) in [6, 6.07) is 1.57. The van der Waals surface area contributed by atoms with Crippen LogP contribution >= 0.6 is 0 Å². The fraction of sp³-hybridized carbons (Fsp3) is 0.300. The number of rotatable bonds is 4. The van der Waals surface area contributed by atoms with Gasteiger partial charge in [-0.25, -0.2) is 0 Å². The van der Waals surface area contributed by atoms with Crippen LogP contribution in [0.5, 0.6) is 0 Å². The number of hydrogen-bond donors (Lipinski definition) is 3. The van der Waals surface area contributed by atoms with Crippen molar-refractivity contribution in [3.05, 3.63) is 28.6 Å². The zero-order chi connectivity index (χ0) is 18.9. The summed E-state index contributed by atoms with van der Waals surface area (Å²) >= 11 is 0. The van der Waals surface area contributed by atoms with E-state index in [1.807, 2.05) is 0 Å². The van der Waals surface area contributed by atoms with Gasteiger partial charge in [0.15, 0.2) is 0 Å². The molecule has 0 aliphatic carbocycles. The molecule has 1 amide bonds. The molecular weight excluding hydrogens is 356 g/mol. The molecule has 0 unspecified atom stereocenters. The molecule has 0 spiro atoms. The lowest BCUT2D eigenvalue weighted by Gasteiger charge is -2.38. The number of carbonyl (C=O) groups excluding carboxylic acids is 1. The first kappa shape index (κ1) is 19.8. The van der Waals surface area contributed by atoms with E-state index in [2.05, 4.69) is 0 Å². The third kappa shape index (κ3) is 4.60. The fourth-order valence-corrected chi connectivity index (χ4v) is 1.59. The van der Waals surface area contributed by atoms with Crippen LogP contribution in [0, 0.1) is 16.3 Å². The van der Waals surface area contributed by atoms with Gasteiger partial charge in [0.2, 0.25) is 11.8 Å². The molecule has 1 aromatic rings. The third-order valence-electron chi connectivity index (χ3n) is 2.58. The van der Waals surface area contributed by atoms with E-state index in [9.17, 15) is 41.6 Å². The fourth-order valence-electron chi connectivity index (χ4n) is 1.59. The van der Waals surface area contributed by atoms with Crippen molar-refractivity contribution in [3.8, 4) is 0 Å². The molecule has 136 valence electrons. The lowest BCUT2D eigenvalue weighted by atomic mass is 10.1. The molecule has 0 radical (unpaired) electrons. The smallest absolute Gasteiger partial charge is 0.409 e. The van der Waals surface area contributed by atoms with Crippen LogP contribution in [0.4, 0.5) is 43.4 Å². The van der Waals surface area contributed by atoms with Gasteiger partial charge in [-0.2, -0.15) is 26.3 Å². The highest BCUT2D eigenvalue weighted by Gasteiger charge is 2.61. The Balaban J connectivity index is 3.22. The Hall–Kier alpha value is -2.29. The van der Waals surface area contributed by atoms with E-state index in [-0.39, 0.29) is 0 Å². The average Bonchev–Trinajstić information content (AvgIpc) is 2.34. The highest BCUT2D eigenvalue weighted by atomic mass is 19.4. The van der Waals surface area contributed by atoms with E-state index in [0.29, 0.717) is 18.2 Å². The zero-order valence-electron chi connectivity index (χ0n) is 11.1. The van der Waals surface area contributed by atoms with Crippen LogP contribution in [0.2, 0.25) is 0 Å². The Kier molecular flexibility index (Phi) is 5.50. The lowest BCUT2D eigenvalue weighted by molar-refractivity contribution is -0.272. The summed E-state index contributed by atoms with van der Waals surface area (Å²) in [6.45, 7) is 0. The van der Waals surface area contributed by atoms with Crippen LogP contribution in [-0.4, -0.2) is 28.7 Å². The van der Waals surface area contributed by atoms with Gasteiger partial charge < -0.3 is 21.0 Å². The van der Waals surface area contributed by atoms with Gasteiger partial charge in [-0.3, -0.25) is 15.2 Å². The average molecular weight is 363 g/mol. The first-order valence-electron chi connectivity index (χ1n) is 5.65. The van der Waals surface area contributed by atoms with E-state index < -0.39 is 51.7 Å². The molecule has 0 atom stereocenters. The predicted molar refractivity (Wildman–Crippen MR) is 65.9 cm³/mol. The minimum absolute atomic E-state index is 0.409. The second-order valence-electron chi connectivity index (χ2n) is 4.25. The van der Waals surface area contributed by atoms with Crippen molar-refractivity contribution in [1.29, 1.82) is 0 Å². The molecule has 24 heavy (non-hydrogen) atoms. The summed E-state index contributed by atoms with van der Waals surface area (Å²) < 4.78 is 74.5. The molecule has 0 aromatic heterocycles. The van der Waals surface area contributed by atoms with E-state index in [4.69, 9.17) is 10.4 Å². The molecule has 0 fully saturated rings. The van der Waals surface area contributed by atoms with Crippen LogP contribution in [0.15, 0.2) is 18.2 Å². The van der Waals surface area contributed by atoms with Crippen molar-refractivity contribution in [1.82, 2.24) is 0 Å². The summed E-state index contributed by atoms with van der Waals surface area (Å²) in [7, 11) is 0. The first-order chi connectivity index (χ1) is 10.7. The van der Waals surface area contributed by atoms with Crippen LogP contribution in [0.1, 0.15) is 0 Å². The van der Waals surface area contributed by atoms with E-state index >= 15 is 0 Å². The minimum atomic E-state index is -5.96. The number of anilines is 3. The van der Waals surface area contributed by atoms with Crippen molar-refractivity contribution in [3.63, 3.8) is 0 Å². The van der Waals surface area contributed by atoms with Gasteiger partial charge in [0.05, 0.1) is 5.69 Å². The topological polar surface area (TPSA) is 122 Å². The molecule has 8 nitrogen and oxygen atoms in total. The first-order valence-corrected chi connectivity index (χ1v) is 5.65. The van der Waals surface area contributed by atoms with Crippen molar-refractivity contribution >= 4 is 23.0 Å². The number of carbonyl (C=O) groups is 1. The van der Waals surface area contributed by atoms with E-state index in [0.717, 1.165) is 0 Å². The summed E-state index contributed by atoms with van der Waals surface area (Å²) in [6.07, 6.45) is -11.9. The molecule has 0 bridgehead atoms. The highest BCUT2D eigenvalue weighted by molar-refractivity contribution is 5.97. The number of halogens is 6. The number of benzene rings is 1. The number of hydrogen-bond acceptors (Lipinski definition) is 7. The van der Waals surface area contributed by atoms with Crippen molar-refractivity contribution in [2.75, 3.05) is 15.8 Å². The molecule has 0 heterocycles. The van der Waals surface area contributed by atoms with Crippen LogP contribution in [-0.2, 0) is 4.79 Å². The zero-order valence-corrected chi connectivity index (χ0v) is 11.1. The van der Waals surface area contributed by atoms with Gasteiger partial charge in [-0.05, 0) is 18.2 Å². The quantitative estimate of drug-likeness (QED) is 0.555. The second-order valence-corrected chi connectivity index (χ2v) is 4.25. The van der Waals surface area contributed by atoms with Gasteiger partial charge >= 0.3 is 12.4 Å². The standard InChI is InChI=1S/C10H7F6N3O5/c11-9(12,13)7(10(14,15)16)8(20)17-5-2-1-4(18(21)22)3-6(5)19(23)24/h1-3,7,23-24H,(H,17,20)/q-2. The molecule has 14 heteroatoms. The Labute approximate surface area is 128 Å². The van der Waals surface area contributed by atoms with Gasteiger partial charge in [0, 0.05) is 5.69 Å². The summed E-state index contributed by atoms with van der Waals surface area (Å²) in [4.78, 5) is 11.3. The van der Waals surface area contributed by atoms with E-state index in [1.165, 1.54) is 5.32 Å². The van der Waals surface area contributed by atoms with Crippen LogP contribution in [0.3, 0.4) is 0 Å². The SMILES string of the molecule is O=C(Nc1ccc(N([O-])[O-])cc1N(O)O)C(C(F)(F)F)C(F)(F)F. The Morgan fingerprint density at radius 1 is 1.08 bits per heavy atom. The lowest BCUT2D eigenvalue weighted by Crippen LogP contribution is -2.45. The van der Waals surface area contributed by atoms with Crippen LogP contribution < -0.4 is 15.8 Å². The highest BCUT2D eigenvalue weighted by Crippen LogP contribution is 2.40. The molecule has 0 aliphatic heterocycles. The number of alkyl halides is 6.